The van der Waals surface area contributed by atoms with Crippen molar-refractivity contribution in [3.8, 4) is 0 Å². The molecule has 0 aromatic carbocycles. The number of aromatic nitrogens is 2. The Morgan fingerprint density at radius 1 is 1.54 bits per heavy atom. The topological polar surface area (TPSA) is 40.7 Å². The van der Waals surface area contributed by atoms with Gasteiger partial charge in [0, 0.05) is 6.54 Å². The molecule has 0 atom stereocenters. The summed E-state index contributed by atoms with van der Waals surface area (Å²) in [5.74, 6) is 0.641. The lowest BCUT2D eigenvalue weighted by Crippen LogP contribution is -2.05. The van der Waals surface area contributed by atoms with Crippen molar-refractivity contribution < 1.29 is 0 Å². The van der Waals surface area contributed by atoms with Crippen LogP contribution in [0.1, 0.15) is 25.2 Å². The number of aromatic amines is 1. The normalized spacial score (nSPS) is 11.2. The van der Waals surface area contributed by atoms with E-state index in [9.17, 15) is 0 Å². The van der Waals surface area contributed by atoms with Gasteiger partial charge < -0.3 is 5.32 Å². The minimum atomic E-state index is 0.641. The van der Waals surface area contributed by atoms with Gasteiger partial charge in [-0.3, -0.25) is 5.10 Å². The highest BCUT2D eigenvalue weighted by Crippen LogP contribution is 2.21. The lowest BCUT2D eigenvalue weighted by Gasteiger charge is -2.01. The molecular weight excluding hydrogens is 230 g/mol. The second kappa shape index (κ2) is 4.77. The van der Waals surface area contributed by atoms with Gasteiger partial charge in [0.15, 0.2) is 0 Å². The summed E-state index contributed by atoms with van der Waals surface area (Å²) < 4.78 is 1.12. The zero-order valence-corrected chi connectivity index (χ0v) is 9.90. The molecule has 3 nitrogen and oxygen atoms in total. The average molecular weight is 246 g/mol. The van der Waals surface area contributed by atoms with Crippen LogP contribution in [0.2, 0.25) is 0 Å². The lowest BCUT2D eigenvalue weighted by molar-refractivity contribution is 0.632. The van der Waals surface area contributed by atoms with Gasteiger partial charge in [0.05, 0.1) is 15.9 Å². The van der Waals surface area contributed by atoms with Crippen molar-refractivity contribution in [2.45, 2.75) is 26.8 Å². The average Bonchev–Trinajstić information content (AvgIpc) is 2.36. The molecule has 0 aliphatic heterocycles. The third kappa shape index (κ3) is 2.81. The number of nitrogens with zero attached hydrogens (tertiary/aromatic N) is 1. The molecule has 1 aromatic heterocycles. The van der Waals surface area contributed by atoms with Crippen LogP contribution in [-0.2, 0) is 13.0 Å². The molecule has 0 fully saturated rings. The van der Waals surface area contributed by atoms with Gasteiger partial charge >= 0.3 is 0 Å². The number of H-pyrrole nitrogens is 1. The van der Waals surface area contributed by atoms with E-state index in [2.05, 4.69) is 45.3 Å². The smallest absolute Gasteiger partial charge is 0.0770 e. The van der Waals surface area contributed by atoms with E-state index in [-0.39, 0.29) is 0 Å². The van der Waals surface area contributed by atoms with E-state index in [1.54, 1.807) is 0 Å². The van der Waals surface area contributed by atoms with E-state index < -0.39 is 0 Å². The number of rotatable bonds is 4. The molecule has 13 heavy (non-hydrogen) atoms. The third-order valence-electron chi connectivity index (χ3n) is 1.80. The molecule has 4 heteroatoms. The van der Waals surface area contributed by atoms with Crippen molar-refractivity contribution >= 4 is 15.9 Å². The second-order valence-corrected chi connectivity index (χ2v) is 4.38. The maximum atomic E-state index is 4.26. The van der Waals surface area contributed by atoms with E-state index in [1.807, 2.05) is 7.05 Å². The van der Waals surface area contributed by atoms with E-state index in [0.29, 0.717) is 5.92 Å². The fourth-order valence-electron chi connectivity index (χ4n) is 1.22. The van der Waals surface area contributed by atoms with E-state index in [1.165, 1.54) is 0 Å². The van der Waals surface area contributed by atoms with Crippen molar-refractivity contribution in [3.05, 3.63) is 15.9 Å². The minimum Gasteiger partial charge on any atom is -0.314 e. The summed E-state index contributed by atoms with van der Waals surface area (Å²) in [5, 5.41) is 10.4. The van der Waals surface area contributed by atoms with E-state index >= 15 is 0 Å². The van der Waals surface area contributed by atoms with Crippen LogP contribution in [0.3, 0.4) is 0 Å². The highest BCUT2D eigenvalue weighted by atomic mass is 79.9. The van der Waals surface area contributed by atoms with Crippen molar-refractivity contribution in [1.82, 2.24) is 15.5 Å². The first-order chi connectivity index (χ1) is 6.15. The quantitative estimate of drug-likeness (QED) is 0.854. The maximum absolute atomic E-state index is 4.26. The highest BCUT2D eigenvalue weighted by molar-refractivity contribution is 9.10. The Bertz CT molecular complexity index is 268. The Balaban J connectivity index is 2.74. The molecule has 0 spiro atoms. The third-order valence-corrected chi connectivity index (χ3v) is 2.74. The zero-order valence-electron chi connectivity index (χ0n) is 8.32. The largest absolute Gasteiger partial charge is 0.314 e. The summed E-state index contributed by atoms with van der Waals surface area (Å²) in [7, 11) is 1.93. The molecule has 0 saturated heterocycles. The molecule has 1 rings (SSSR count). The summed E-state index contributed by atoms with van der Waals surface area (Å²) >= 11 is 3.55. The predicted octanol–water partition coefficient (Wildman–Crippen LogP) is 2.09. The van der Waals surface area contributed by atoms with Crippen molar-refractivity contribution in [2.24, 2.45) is 5.92 Å². The fraction of sp³-hybridized carbons (Fsp3) is 0.667. The monoisotopic (exact) mass is 245 g/mol. The Morgan fingerprint density at radius 2 is 2.23 bits per heavy atom. The predicted molar refractivity (Wildman–Crippen MR) is 57.6 cm³/mol. The van der Waals surface area contributed by atoms with Crippen LogP contribution in [0.25, 0.3) is 0 Å². The fourth-order valence-corrected chi connectivity index (χ4v) is 1.70. The SMILES string of the molecule is CNCc1[nH]nc(CC(C)C)c1Br. The van der Waals surface area contributed by atoms with Gasteiger partial charge in [-0.15, -0.1) is 0 Å². The van der Waals surface area contributed by atoms with Gasteiger partial charge in [-0.25, -0.2) is 0 Å². The Labute approximate surface area is 87.4 Å². The molecule has 1 aromatic rings. The van der Waals surface area contributed by atoms with Crippen LogP contribution in [0.4, 0.5) is 0 Å². The highest BCUT2D eigenvalue weighted by Gasteiger charge is 2.10. The first-order valence-electron chi connectivity index (χ1n) is 4.51. The van der Waals surface area contributed by atoms with Crippen LogP contribution in [0.15, 0.2) is 4.47 Å². The standard InChI is InChI=1S/C9H16BrN3/c1-6(2)4-7-9(10)8(5-11-3)13-12-7/h6,11H,4-5H2,1-3H3,(H,12,13). The van der Waals surface area contributed by atoms with Gasteiger partial charge in [0.2, 0.25) is 0 Å². The lowest BCUT2D eigenvalue weighted by atomic mass is 10.1. The summed E-state index contributed by atoms with van der Waals surface area (Å²) in [6, 6.07) is 0. The summed E-state index contributed by atoms with van der Waals surface area (Å²) in [6.07, 6.45) is 1.01. The summed E-state index contributed by atoms with van der Waals surface area (Å²) in [6.45, 7) is 5.21. The van der Waals surface area contributed by atoms with E-state index in [4.69, 9.17) is 0 Å². The van der Waals surface area contributed by atoms with Gasteiger partial charge in [-0.1, -0.05) is 13.8 Å². The van der Waals surface area contributed by atoms with E-state index in [0.717, 1.165) is 28.8 Å². The molecule has 0 unspecified atom stereocenters. The molecule has 1 heterocycles. The van der Waals surface area contributed by atoms with Gasteiger partial charge in [-0.2, -0.15) is 5.10 Å². The number of hydrogen-bond acceptors (Lipinski definition) is 2. The van der Waals surface area contributed by atoms with Crippen molar-refractivity contribution in [1.29, 1.82) is 0 Å². The van der Waals surface area contributed by atoms with Crippen molar-refractivity contribution in [2.75, 3.05) is 7.05 Å². The number of halogens is 1. The van der Waals surface area contributed by atoms with Crippen LogP contribution in [0.5, 0.6) is 0 Å². The minimum absolute atomic E-state index is 0.641. The molecule has 2 N–H and O–H groups in total. The first-order valence-corrected chi connectivity index (χ1v) is 5.30. The Hall–Kier alpha value is -0.350. The van der Waals surface area contributed by atoms with Crippen LogP contribution < -0.4 is 5.32 Å². The zero-order chi connectivity index (χ0) is 9.84. The molecule has 0 aliphatic rings. The van der Waals surface area contributed by atoms with Crippen LogP contribution >= 0.6 is 15.9 Å². The molecule has 74 valence electrons. The van der Waals surface area contributed by atoms with Gasteiger partial charge in [0.25, 0.3) is 0 Å². The second-order valence-electron chi connectivity index (χ2n) is 3.59. The number of nitrogens with one attached hydrogen (secondary N) is 2. The van der Waals surface area contributed by atoms with Crippen LogP contribution in [-0.4, -0.2) is 17.2 Å². The molecule has 0 saturated carbocycles. The molecule has 0 aliphatic carbocycles. The first kappa shape index (κ1) is 10.7. The molecule has 0 bridgehead atoms. The molecular formula is C9H16BrN3. The van der Waals surface area contributed by atoms with Gasteiger partial charge in [-0.05, 0) is 35.3 Å². The maximum Gasteiger partial charge on any atom is 0.0770 e. The molecule has 0 radical (unpaired) electrons. The number of hydrogen-bond donors (Lipinski definition) is 2. The summed E-state index contributed by atoms with van der Waals surface area (Å²) in [4.78, 5) is 0. The Kier molecular flexibility index (Phi) is 3.93. The molecule has 0 amide bonds. The van der Waals surface area contributed by atoms with Gasteiger partial charge in [0.1, 0.15) is 0 Å². The Morgan fingerprint density at radius 3 is 2.77 bits per heavy atom. The summed E-state index contributed by atoms with van der Waals surface area (Å²) in [5.41, 5.74) is 2.25. The van der Waals surface area contributed by atoms with Crippen molar-refractivity contribution in [3.63, 3.8) is 0 Å². The van der Waals surface area contributed by atoms with Crippen LogP contribution in [0, 0.1) is 5.92 Å².